The summed E-state index contributed by atoms with van der Waals surface area (Å²) in [5.41, 5.74) is 2.63. The first-order valence-corrected chi connectivity index (χ1v) is 6.10. The minimum atomic E-state index is 0.105. The number of carbonyl (C=O) groups is 1. The highest BCUT2D eigenvalue weighted by atomic mass is 16.2. The molecule has 3 aliphatic rings. The van der Waals surface area contributed by atoms with Gasteiger partial charge in [-0.3, -0.25) is 9.89 Å². The molecule has 2 fully saturated rings. The minimum absolute atomic E-state index is 0.105. The summed E-state index contributed by atoms with van der Waals surface area (Å²) in [7, 11) is 0. The van der Waals surface area contributed by atoms with Crippen LogP contribution in [0.25, 0.3) is 0 Å². The van der Waals surface area contributed by atoms with E-state index in [1.165, 1.54) is 11.3 Å². The summed E-state index contributed by atoms with van der Waals surface area (Å²) in [6.07, 6.45) is 7.19. The van der Waals surface area contributed by atoms with Crippen LogP contribution < -0.4 is 5.32 Å². The molecule has 1 amide bonds. The highest BCUT2D eigenvalue weighted by Crippen LogP contribution is 2.75. The molecule has 1 atom stereocenters. The van der Waals surface area contributed by atoms with Crippen LogP contribution in [-0.4, -0.2) is 22.1 Å². The fourth-order valence-corrected chi connectivity index (χ4v) is 2.93. The van der Waals surface area contributed by atoms with Crippen LogP contribution in [0.2, 0.25) is 0 Å². The van der Waals surface area contributed by atoms with E-state index in [0.717, 1.165) is 38.0 Å². The third-order valence-electron chi connectivity index (χ3n) is 4.49. The topological polar surface area (TPSA) is 57.8 Å². The summed E-state index contributed by atoms with van der Waals surface area (Å²) in [6.45, 7) is 0. The Bertz CT molecular complexity index is 459. The van der Waals surface area contributed by atoms with Crippen molar-refractivity contribution < 1.29 is 4.79 Å². The van der Waals surface area contributed by atoms with Gasteiger partial charge in [-0.25, -0.2) is 0 Å². The first-order chi connectivity index (χ1) is 7.78. The van der Waals surface area contributed by atoms with Gasteiger partial charge in [0, 0.05) is 18.2 Å². The van der Waals surface area contributed by atoms with E-state index in [1.807, 2.05) is 6.20 Å². The summed E-state index contributed by atoms with van der Waals surface area (Å²) in [5, 5.41) is 10.3. The highest BCUT2D eigenvalue weighted by Gasteiger charge is 2.74. The molecular weight excluding hydrogens is 202 g/mol. The lowest BCUT2D eigenvalue weighted by molar-refractivity contribution is -0.125. The van der Waals surface area contributed by atoms with Crippen molar-refractivity contribution in [1.82, 2.24) is 15.5 Å². The molecule has 0 aromatic carbocycles. The maximum atomic E-state index is 12.0. The number of amides is 1. The number of rotatable bonds is 2. The Labute approximate surface area is 93.8 Å². The van der Waals surface area contributed by atoms with Gasteiger partial charge in [0.1, 0.15) is 0 Å². The quantitative estimate of drug-likeness (QED) is 0.769. The molecule has 3 aliphatic carbocycles. The van der Waals surface area contributed by atoms with Gasteiger partial charge in [0.25, 0.3) is 0 Å². The number of nitrogens with one attached hydrogen (secondary N) is 2. The number of aryl methyl sites for hydroxylation is 1. The SMILES string of the molecule is O=C(NC1CCc2cn[nH]c2C1)C12CC1C2. The molecule has 16 heavy (non-hydrogen) atoms. The molecule has 1 unspecified atom stereocenters. The molecule has 84 valence electrons. The Balaban J connectivity index is 1.44. The second-order valence-corrected chi connectivity index (χ2v) is 5.55. The van der Waals surface area contributed by atoms with Crippen LogP contribution in [0.15, 0.2) is 6.20 Å². The van der Waals surface area contributed by atoms with Crippen molar-refractivity contribution >= 4 is 5.91 Å². The summed E-state index contributed by atoms with van der Waals surface area (Å²) >= 11 is 0. The molecule has 4 rings (SSSR count). The van der Waals surface area contributed by atoms with Crippen molar-refractivity contribution in [2.45, 2.75) is 38.1 Å². The lowest BCUT2D eigenvalue weighted by Gasteiger charge is -2.23. The zero-order valence-corrected chi connectivity index (χ0v) is 9.12. The first-order valence-electron chi connectivity index (χ1n) is 6.10. The number of nitrogens with zero attached hydrogens (tertiary/aromatic N) is 1. The fraction of sp³-hybridized carbons (Fsp3) is 0.667. The molecule has 2 saturated carbocycles. The van der Waals surface area contributed by atoms with Gasteiger partial charge >= 0.3 is 0 Å². The predicted octanol–water partition coefficient (Wildman–Crippen LogP) is 0.793. The van der Waals surface area contributed by atoms with Gasteiger partial charge in [0.05, 0.1) is 11.6 Å². The van der Waals surface area contributed by atoms with E-state index in [4.69, 9.17) is 0 Å². The Morgan fingerprint density at radius 3 is 3.12 bits per heavy atom. The lowest BCUT2D eigenvalue weighted by atomic mass is 9.93. The molecule has 2 N–H and O–H groups in total. The van der Waals surface area contributed by atoms with Gasteiger partial charge in [-0.15, -0.1) is 0 Å². The Morgan fingerprint density at radius 2 is 2.38 bits per heavy atom. The molecule has 4 heteroatoms. The van der Waals surface area contributed by atoms with Crippen LogP contribution in [-0.2, 0) is 17.6 Å². The van der Waals surface area contributed by atoms with Crippen molar-refractivity contribution in [2.24, 2.45) is 11.3 Å². The van der Waals surface area contributed by atoms with Gasteiger partial charge in [0.15, 0.2) is 0 Å². The molecule has 0 radical (unpaired) electrons. The average molecular weight is 217 g/mol. The van der Waals surface area contributed by atoms with Crippen LogP contribution in [0.1, 0.15) is 30.5 Å². The molecular formula is C12H15N3O. The van der Waals surface area contributed by atoms with E-state index in [0.29, 0.717) is 11.9 Å². The van der Waals surface area contributed by atoms with Crippen molar-refractivity contribution in [2.75, 3.05) is 0 Å². The van der Waals surface area contributed by atoms with E-state index in [-0.39, 0.29) is 5.41 Å². The highest BCUT2D eigenvalue weighted by molar-refractivity contribution is 5.90. The Kier molecular flexibility index (Phi) is 1.47. The lowest BCUT2D eigenvalue weighted by Crippen LogP contribution is -2.40. The summed E-state index contributed by atoms with van der Waals surface area (Å²) in [5.74, 6) is 1.05. The molecule has 1 aromatic heterocycles. The largest absolute Gasteiger partial charge is 0.352 e. The molecule has 4 nitrogen and oxygen atoms in total. The number of aromatic nitrogens is 2. The van der Waals surface area contributed by atoms with E-state index in [9.17, 15) is 4.79 Å². The summed E-state index contributed by atoms with van der Waals surface area (Å²) < 4.78 is 0. The van der Waals surface area contributed by atoms with Gasteiger partial charge < -0.3 is 5.32 Å². The molecule has 0 saturated heterocycles. The number of carbonyl (C=O) groups excluding carboxylic acids is 1. The second kappa shape index (κ2) is 2.67. The smallest absolute Gasteiger partial charge is 0.226 e. The monoisotopic (exact) mass is 217 g/mol. The third kappa shape index (κ3) is 1.10. The Morgan fingerprint density at radius 1 is 1.56 bits per heavy atom. The zero-order valence-electron chi connectivity index (χ0n) is 9.12. The second-order valence-electron chi connectivity index (χ2n) is 5.55. The van der Waals surface area contributed by atoms with Crippen LogP contribution in [0, 0.1) is 11.3 Å². The van der Waals surface area contributed by atoms with Crippen LogP contribution >= 0.6 is 0 Å². The predicted molar refractivity (Wildman–Crippen MR) is 57.7 cm³/mol. The number of H-pyrrole nitrogens is 1. The van der Waals surface area contributed by atoms with Gasteiger partial charge in [-0.1, -0.05) is 0 Å². The number of aromatic amines is 1. The van der Waals surface area contributed by atoms with Gasteiger partial charge in [0.2, 0.25) is 5.91 Å². The number of hydrogen-bond donors (Lipinski definition) is 2. The van der Waals surface area contributed by atoms with Crippen molar-refractivity contribution in [3.63, 3.8) is 0 Å². The van der Waals surface area contributed by atoms with Crippen molar-refractivity contribution in [3.05, 3.63) is 17.5 Å². The Hall–Kier alpha value is -1.32. The van der Waals surface area contributed by atoms with E-state index in [2.05, 4.69) is 15.5 Å². The minimum Gasteiger partial charge on any atom is -0.352 e. The van der Waals surface area contributed by atoms with Crippen molar-refractivity contribution in [1.29, 1.82) is 0 Å². The van der Waals surface area contributed by atoms with E-state index in [1.54, 1.807) is 0 Å². The maximum absolute atomic E-state index is 12.0. The van der Waals surface area contributed by atoms with E-state index >= 15 is 0 Å². The fourth-order valence-electron chi connectivity index (χ4n) is 2.93. The molecule has 0 aliphatic heterocycles. The molecule has 1 heterocycles. The first kappa shape index (κ1) is 8.79. The van der Waals surface area contributed by atoms with Crippen LogP contribution in [0.4, 0.5) is 0 Å². The molecule has 1 aromatic rings. The van der Waals surface area contributed by atoms with Crippen LogP contribution in [0.5, 0.6) is 0 Å². The maximum Gasteiger partial charge on any atom is 0.226 e. The van der Waals surface area contributed by atoms with Crippen LogP contribution in [0.3, 0.4) is 0 Å². The standard InChI is InChI=1S/C12H15N3O/c16-11(12-4-8(12)5-12)14-9-2-1-7-6-13-15-10(7)3-9/h6,8-9H,1-5H2,(H,13,15)(H,14,16). The summed E-state index contributed by atoms with van der Waals surface area (Å²) in [6, 6.07) is 0.316. The van der Waals surface area contributed by atoms with Crippen molar-refractivity contribution in [3.8, 4) is 0 Å². The third-order valence-corrected chi connectivity index (χ3v) is 4.49. The number of fused-ring (bicyclic) bond motifs is 2. The van der Waals surface area contributed by atoms with E-state index < -0.39 is 0 Å². The number of hydrogen-bond acceptors (Lipinski definition) is 2. The summed E-state index contributed by atoms with van der Waals surface area (Å²) in [4.78, 5) is 12.0. The normalized spacial score (nSPS) is 38.5. The average Bonchev–Trinajstić information content (AvgIpc) is 3.06. The van der Waals surface area contributed by atoms with Gasteiger partial charge in [-0.05, 0) is 37.2 Å². The molecule has 0 bridgehead atoms. The van der Waals surface area contributed by atoms with Gasteiger partial charge in [-0.2, -0.15) is 5.10 Å². The zero-order chi connectivity index (χ0) is 10.8. The molecule has 0 spiro atoms.